The molecule has 0 saturated carbocycles. The lowest BCUT2D eigenvalue weighted by Crippen LogP contribution is -2.58. The summed E-state index contributed by atoms with van der Waals surface area (Å²) in [6, 6.07) is 14.4. The van der Waals surface area contributed by atoms with Crippen LogP contribution >= 0.6 is 11.6 Å². The van der Waals surface area contributed by atoms with Gasteiger partial charge in [-0.3, -0.25) is 9.30 Å². The van der Waals surface area contributed by atoms with Gasteiger partial charge in [-0.25, -0.2) is 0 Å². The highest BCUT2D eigenvalue weighted by Crippen LogP contribution is 2.25. The van der Waals surface area contributed by atoms with E-state index in [-0.39, 0.29) is 6.61 Å². The van der Waals surface area contributed by atoms with E-state index in [1.54, 1.807) is 0 Å². The number of likely N-dealkylation sites (tertiary alicyclic amines) is 1. The molecule has 4 aromatic rings. The minimum atomic E-state index is 0.202. The summed E-state index contributed by atoms with van der Waals surface area (Å²) in [5.41, 5.74) is 5.41. The van der Waals surface area contributed by atoms with E-state index in [4.69, 9.17) is 22.1 Å². The van der Waals surface area contributed by atoms with Crippen LogP contribution in [-0.2, 0) is 6.54 Å². The van der Waals surface area contributed by atoms with Crippen LogP contribution in [0.2, 0.25) is 5.02 Å². The van der Waals surface area contributed by atoms with Gasteiger partial charge in [-0.2, -0.15) is 0 Å². The molecule has 172 valence electrons. The molecule has 0 radical (unpaired) electrons. The Morgan fingerprint density at radius 2 is 2.03 bits per heavy atom. The lowest BCUT2D eigenvalue weighted by atomic mass is 10.1. The molecule has 4 heterocycles. The Hall–Kier alpha value is -2.78. The van der Waals surface area contributed by atoms with Crippen LogP contribution in [0.4, 0.5) is 0 Å². The third-order valence-electron chi connectivity index (χ3n) is 6.32. The zero-order chi connectivity index (χ0) is 22.9. The summed E-state index contributed by atoms with van der Waals surface area (Å²) in [4.78, 5) is 2.22. The average molecular weight is 466 g/mol. The molecule has 0 aliphatic carbocycles. The van der Waals surface area contributed by atoms with E-state index in [9.17, 15) is 0 Å². The van der Waals surface area contributed by atoms with Crippen LogP contribution in [0.25, 0.3) is 16.7 Å². The van der Waals surface area contributed by atoms with Crippen molar-refractivity contribution in [3.63, 3.8) is 0 Å². The van der Waals surface area contributed by atoms with E-state index in [1.807, 2.05) is 35.6 Å². The van der Waals surface area contributed by atoms with Crippen molar-refractivity contribution in [3.05, 3.63) is 64.6 Å². The Morgan fingerprint density at radius 3 is 2.82 bits per heavy atom. The first-order valence-corrected chi connectivity index (χ1v) is 11.6. The Labute approximate surface area is 197 Å². The Bertz CT molecular complexity index is 1310. The third kappa shape index (κ3) is 4.39. The molecule has 0 spiro atoms. The first-order valence-electron chi connectivity index (χ1n) is 11.3. The number of halogens is 1. The van der Waals surface area contributed by atoms with Gasteiger partial charge in [-0.05, 0) is 42.8 Å². The molecule has 3 N–H and O–H groups in total. The summed E-state index contributed by atoms with van der Waals surface area (Å²) < 4.78 is 4.23. The van der Waals surface area contributed by atoms with E-state index >= 15 is 0 Å². The van der Waals surface area contributed by atoms with Gasteiger partial charge in [0.15, 0.2) is 5.65 Å². The van der Waals surface area contributed by atoms with Crippen molar-refractivity contribution in [2.24, 2.45) is 0 Å². The largest absolute Gasteiger partial charge is 0.395 e. The Morgan fingerprint density at radius 1 is 1.18 bits per heavy atom. The summed E-state index contributed by atoms with van der Waals surface area (Å²) in [6.07, 6.45) is 0.632. The maximum atomic E-state index is 9.03. The quantitative estimate of drug-likeness (QED) is 0.330. The number of nitrogens with one attached hydrogen (secondary N) is 2. The van der Waals surface area contributed by atoms with Crippen molar-refractivity contribution in [1.82, 2.24) is 29.4 Å². The van der Waals surface area contributed by atoms with Crippen LogP contribution in [-0.4, -0.2) is 73.7 Å². The molecule has 5 rings (SSSR count). The molecule has 0 unspecified atom stereocenters. The van der Waals surface area contributed by atoms with Crippen molar-refractivity contribution >= 4 is 34.0 Å². The molecular formula is C24H28ClN7O. The highest BCUT2D eigenvalue weighted by Gasteiger charge is 2.25. The first kappa shape index (κ1) is 22.0. The molecule has 0 atom stereocenters. The van der Waals surface area contributed by atoms with Gasteiger partial charge in [0.1, 0.15) is 5.82 Å². The molecule has 0 bridgehead atoms. The minimum absolute atomic E-state index is 0.202. The van der Waals surface area contributed by atoms with E-state index in [2.05, 4.69) is 43.2 Å². The molecule has 1 fully saturated rings. The number of hydrogen-bond acceptors (Lipinski definition) is 6. The van der Waals surface area contributed by atoms with Crippen LogP contribution in [0, 0.1) is 12.3 Å². The Kier molecular flexibility index (Phi) is 6.16. The lowest BCUT2D eigenvalue weighted by molar-refractivity contribution is 0.101. The molecule has 1 aliphatic heterocycles. The van der Waals surface area contributed by atoms with E-state index in [1.165, 1.54) is 0 Å². The number of β-amino-alcohol motifs (C(OH)–C–C–N with tert-alkyl or cyclic N) is 1. The fourth-order valence-corrected chi connectivity index (χ4v) is 4.85. The maximum absolute atomic E-state index is 9.03. The number of benzene rings is 1. The molecule has 3 aromatic heterocycles. The van der Waals surface area contributed by atoms with Crippen LogP contribution in [0.3, 0.4) is 0 Å². The second-order valence-corrected chi connectivity index (χ2v) is 9.09. The van der Waals surface area contributed by atoms with E-state index in [0.29, 0.717) is 29.7 Å². The molecular weight excluding hydrogens is 438 g/mol. The van der Waals surface area contributed by atoms with Crippen LogP contribution in [0.15, 0.2) is 42.5 Å². The summed E-state index contributed by atoms with van der Waals surface area (Å²) in [5.74, 6) is 0.827. The predicted molar refractivity (Wildman–Crippen MR) is 131 cm³/mol. The van der Waals surface area contributed by atoms with Gasteiger partial charge in [-0.1, -0.05) is 23.7 Å². The number of nitrogens with zero attached hydrogens (tertiary/aromatic N) is 5. The van der Waals surface area contributed by atoms with Crippen molar-refractivity contribution in [2.45, 2.75) is 25.9 Å². The number of hydrogen-bond donors (Lipinski definition) is 3. The number of aromatic nitrogens is 4. The number of fused-ring (bicyclic) bond motifs is 3. The van der Waals surface area contributed by atoms with Gasteiger partial charge >= 0.3 is 0 Å². The highest BCUT2D eigenvalue weighted by atomic mass is 35.5. The first-order chi connectivity index (χ1) is 16.0. The van der Waals surface area contributed by atoms with Crippen LogP contribution < -0.4 is 5.32 Å². The smallest absolute Gasteiger partial charge is 0.161 e. The Balaban J connectivity index is 1.42. The van der Waals surface area contributed by atoms with Gasteiger partial charge in [0, 0.05) is 50.2 Å². The van der Waals surface area contributed by atoms with Gasteiger partial charge in [-0.15, -0.1) is 10.2 Å². The molecule has 1 saturated heterocycles. The second-order valence-electron chi connectivity index (χ2n) is 8.65. The zero-order valence-electron chi connectivity index (χ0n) is 18.6. The van der Waals surface area contributed by atoms with Crippen molar-refractivity contribution < 1.29 is 5.11 Å². The summed E-state index contributed by atoms with van der Waals surface area (Å²) in [7, 11) is 0. The fourth-order valence-electron chi connectivity index (χ4n) is 4.63. The number of aliphatic hydroxyl groups excluding tert-OH is 1. The van der Waals surface area contributed by atoms with Crippen LogP contribution in [0.1, 0.15) is 23.5 Å². The maximum Gasteiger partial charge on any atom is 0.161 e. The van der Waals surface area contributed by atoms with E-state index in [0.717, 1.165) is 59.9 Å². The second kappa shape index (κ2) is 9.23. The summed E-state index contributed by atoms with van der Waals surface area (Å²) >= 11 is 6.24. The molecule has 8 nitrogen and oxygen atoms in total. The van der Waals surface area contributed by atoms with Crippen molar-refractivity contribution in [2.75, 3.05) is 32.8 Å². The normalized spacial score (nSPS) is 14.9. The molecule has 9 heteroatoms. The predicted octanol–water partition coefficient (Wildman–Crippen LogP) is 2.72. The summed E-state index contributed by atoms with van der Waals surface area (Å²) in [6.45, 7) is 6.15. The molecule has 0 amide bonds. The summed E-state index contributed by atoms with van der Waals surface area (Å²) in [5, 5.41) is 30.6. The van der Waals surface area contributed by atoms with Gasteiger partial charge in [0.2, 0.25) is 0 Å². The van der Waals surface area contributed by atoms with Crippen molar-refractivity contribution in [1.29, 1.82) is 5.41 Å². The number of pyridine rings is 1. The number of rotatable bonds is 9. The van der Waals surface area contributed by atoms with E-state index < -0.39 is 0 Å². The SMILES string of the molecule is Cc1nnc2ccc3c(cc(C(=N)CCNC4CN(CCO)C4)n3Cc3cccc(Cl)c3)n12. The molecule has 33 heavy (non-hydrogen) atoms. The third-order valence-corrected chi connectivity index (χ3v) is 6.55. The molecule has 1 aliphatic rings. The topological polar surface area (TPSA) is 94.5 Å². The van der Waals surface area contributed by atoms with Gasteiger partial charge < -0.3 is 20.4 Å². The fraction of sp³-hybridized carbons (Fsp3) is 0.375. The number of aliphatic hydroxyl groups is 1. The number of aryl methyl sites for hydroxylation is 1. The van der Waals surface area contributed by atoms with Crippen LogP contribution in [0.5, 0.6) is 0 Å². The highest BCUT2D eigenvalue weighted by molar-refractivity contribution is 6.30. The molecule has 1 aromatic carbocycles. The standard InChI is InChI=1S/C24H28ClN7O/c1-16-28-29-24-6-5-21-23(32(16)24)12-22(31(21)13-17-3-2-4-18(25)11-17)20(26)7-8-27-19-14-30(15-19)9-10-33/h2-6,11-12,19,26-27,33H,7-10,13-15H2,1H3. The monoisotopic (exact) mass is 465 g/mol. The average Bonchev–Trinajstić information content (AvgIpc) is 3.32. The zero-order valence-corrected chi connectivity index (χ0v) is 19.4. The van der Waals surface area contributed by atoms with Gasteiger partial charge in [0.25, 0.3) is 0 Å². The lowest BCUT2D eigenvalue weighted by Gasteiger charge is -2.39. The van der Waals surface area contributed by atoms with Gasteiger partial charge in [0.05, 0.1) is 29.0 Å². The van der Waals surface area contributed by atoms with Crippen molar-refractivity contribution in [3.8, 4) is 0 Å². The minimum Gasteiger partial charge on any atom is -0.395 e.